The predicted molar refractivity (Wildman–Crippen MR) is 66.8 cm³/mol. The van der Waals surface area contributed by atoms with Crippen LogP contribution >= 0.6 is 0 Å². The molecule has 18 heavy (non-hydrogen) atoms. The number of nitrogens with zero attached hydrogens (tertiary/aromatic N) is 3. The largest absolute Gasteiger partial charge is 0.256 e. The number of hydrogen-bond donors (Lipinski definition) is 0. The van der Waals surface area contributed by atoms with E-state index in [0.717, 1.165) is 11.3 Å². The van der Waals surface area contributed by atoms with E-state index in [1.165, 1.54) is 12.1 Å². The van der Waals surface area contributed by atoms with E-state index in [-0.39, 0.29) is 5.82 Å². The summed E-state index contributed by atoms with van der Waals surface area (Å²) < 4.78 is 14.8. The Morgan fingerprint density at radius 3 is 2.78 bits per heavy atom. The molecule has 3 aromatic rings. The van der Waals surface area contributed by atoms with Gasteiger partial charge in [0.25, 0.3) is 0 Å². The van der Waals surface area contributed by atoms with E-state index in [9.17, 15) is 4.39 Å². The fourth-order valence-corrected chi connectivity index (χ4v) is 1.75. The van der Waals surface area contributed by atoms with Gasteiger partial charge in [-0.1, -0.05) is 12.1 Å². The lowest BCUT2D eigenvalue weighted by atomic mass is 10.2. The summed E-state index contributed by atoms with van der Waals surface area (Å²) in [6.45, 7) is 0. The summed E-state index contributed by atoms with van der Waals surface area (Å²) >= 11 is 0. The average molecular weight is 239 g/mol. The summed E-state index contributed by atoms with van der Waals surface area (Å²) in [6.07, 6.45) is 5.28. The van der Waals surface area contributed by atoms with Gasteiger partial charge in [-0.15, -0.1) is 0 Å². The van der Waals surface area contributed by atoms with E-state index in [1.54, 1.807) is 29.2 Å². The van der Waals surface area contributed by atoms with Crippen molar-refractivity contribution >= 4 is 0 Å². The Morgan fingerprint density at radius 1 is 1.06 bits per heavy atom. The predicted octanol–water partition coefficient (Wildman–Crippen LogP) is 3.07. The molecule has 0 amide bonds. The van der Waals surface area contributed by atoms with E-state index in [1.807, 2.05) is 24.4 Å². The average Bonchev–Trinajstić information content (AvgIpc) is 2.89. The molecule has 0 aliphatic rings. The van der Waals surface area contributed by atoms with Crippen molar-refractivity contribution in [3.63, 3.8) is 0 Å². The van der Waals surface area contributed by atoms with E-state index >= 15 is 0 Å². The third kappa shape index (κ3) is 2.00. The van der Waals surface area contributed by atoms with Gasteiger partial charge >= 0.3 is 0 Å². The maximum absolute atomic E-state index is 13.1. The molecule has 0 saturated heterocycles. The molecule has 4 heteroatoms. The minimum absolute atomic E-state index is 0.276. The third-order valence-corrected chi connectivity index (χ3v) is 2.62. The monoisotopic (exact) mass is 239 g/mol. The van der Waals surface area contributed by atoms with E-state index < -0.39 is 0 Å². The molecule has 3 rings (SSSR count). The second kappa shape index (κ2) is 4.41. The SMILES string of the molecule is Fc1cccc(-n2cc(-c3ccccn3)cn2)c1. The van der Waals surface area contributed by atoms with Crippen LogP contribution in [0.4, 0.5) is 4.39 Å². The van der Waals surface area contributed by atoms with Crippen LogP contribution in [0.2, 0.25) is 0 Å². The first-order valence-corrected chi connectivity index (χ1v) is 5.55. The lowest BCUT2D eigenvalue weighted by Gasteiger charge is -2.00. The smallest absolute Gasteiger partial charge is 0.125 e. The van der Waals surface area contributed by atoms with Gasteiger partial charge in [-0.05, 0) is 30.3 Å². The quantitative estimate of drug-likeness (QED) is 0.688. The molecule has 1 aromatic carbocycles. The molecule has 0 fully saturated rings. The molecule has 0 unspecified atom stereocenters. The highest BCUT2D eigenvalue weighted by atomic mass is 19.1. The van der Waals surface area contributed by atoms with Gasteiger partial charge in [0, 0.05) is 18.0 Å². The Balaban J connectivity index is 2.00. The first-order chi connectivity index (χ1) is 8.83. The lowest BCUT2D eigenvalue weighted by Crippen LogP contribution is -1.94. The second-order valence-corrected chi connectivity index (χ2v) is 3.87. The van der Waals surface area contributed by atoms with Gasteiger partial charge in [0.1, 0.15) is 5.82 Å². The maximum Gasteiger partial charge on any atom is 0.125 e. The topological polar surface area (TPSA) is 30.7 Å². The van der Waals surface area contributed by atoms with Crippen LogP contribution in [0.15, 0.2) is 61.1 Å². The van der Waals surface area contributed by atoms with Crippen molar-refractivity contribution in [1.29, 1.82) is 0 Å². The number of hydrogen-bond acceptors (Lipinski definition) is 2. The van der Waals surface area contributed by atoms with Gasteiger partial charge in [-0.3, -0.25) is 4.98 Å². The molecule has 2 aromatic heterocycles. The molecular weight excluding hydrogens is 229 g/mol. The fraction of sp³-hybridized carbons (Fsp3) is 0. The highest BCUT2D eigenvalue weighted by molar-refractivity contribution is 5.57. The minimum Gasteiger partial charge on any atom is -0.256 e. The van der Waals surface area contributed by atoms with Gasteiger partial charge in [0.15, 0.2) is 0 Å². The molecule has 2 heterocycles. The summed E-state index contributed by atoms with van der Waals surface area (Å²) in [4.78, 5) is 4.25. The Morgan fingerprint density at radius 2 is 2.00 bits per heavy atom. The number of halogens is 1. The normalized spacial score (nSPS) is 10.5. The Kier molecular flexibility index (Phi) is 2.61. The van der Waals surface area contributed by atoms with E-state index in [0.29, 0.717) is 5.69 Å². The molecule has 0 aliphatic carbocycles. The summed E-state index contributed by atoms with van der Waals surface area (Å²) in [5, 5.41) is 4.21. The van der Waals surface area contributed by atoms with E-state index in [4.69, 9.17) is 0 Å². The van der Waals surface area contributed by atoms with E-state index in [2.05, 4.69) is 10.1 Å². The van der Waals surface area contributed by atoms with Crippen molar-refractivity contribution in [3.8, 4) is 16.9 Å². The Bertz CT molecular complexity index is 662. The van der Waals surface area contributed by atoms with Crippen LogP contribution in [0.3, 0.4) is 0 Å². The summed E-state index contributed by atoms with van der Waals surface area (Å²) in [5.74, 6) is -0.276. The minimum atomic E-state index is -0.276. The number of pyridine rings is 1. The third-order valence-electron chi connectivity index (χ3n) is 2.62. The van der Waals surface area contributed by atoms with Crippen LogP contribution < -0.4 is 0 Å². The van der Waals surface area contributed by atoms with Crippen molar-refractivity contribution in [2.75, 3.05) is 0 Å². The van der Waals surface area contributed by atoms with Gasteiger partial charge in [-0.25, -0.2) is 9.07 Å². The van der Waals surface area contributed by atoms with Crippen LogP contribution in [-0.2, 0) is 0 Å². The summed E-state index contributed by atoms with van der Waals surface area (Å²) in [7, 11) is 0. The zero-order chi connectivity index (χ0) is 12.4. The molecule has 0 bridgehead atoms. The van der Waals surface area contributed by atoms with Crippen LogP contribution in [0.5, 0.6) is 0 Å². The van der Waals surface area contributed by atoms with Gasteiger partial charge in [0.2, 0.25) is 0 Å². The van der Waals surface area contributed by atoms with Crippen LogP contribution in [0, 0.1) is 5.82 Å². The number of rotatable bonds is 2. The number of aromatic nitrogens is 3. The summed E-state index contributed by atoms with van der Waals surface area (Å²) in [5.41, 5.74) is 2.44. The first-order valence-electron chi connectivity index (χ1n) is 5.55. The molecule has 0 N–H and O–H groups in total. The first kappa shape index (κ1) is 10.7. The van der Waals surface area contributed by atoms with Crippen LogP contribution in [0.25, 0.3) is 16.9 Å². The van der Waals surface area contributed by atoms with Crippen molar-refractivity contribution in [2.45, 2.75) is 0 Å². The summed E-state index contributed by atoms with van der Waals surface area (Å²) in [6, 6.07) is 12.0. The van der Waals surface area contributed by atoms with Crippen molar-refractivity contribution < 1.29 is 4.39 Å². The van der Waals surface area contributed by atoms with Crippen LogP contribution in [0.1, 0.15) is 0 Å². The molecule has 3 nitrogen and oxygen atoms in total. The molecule has 0 radical (unpaired) electrons. The molecular formula is C14H10FN3. The fourth-order valence-electron chi connectivity index (χ4n) is 1.75. The standard InChI is InChI=1S/C14H10FN3/c15-12-4-3-5-13(8-12)18-10-11(9-17-18)14-6-1-2-7-16-14/h1-10H. The lowest BCUT2D eigenvalue weighted by molar-refractivity contribution is 0.625. The molecule has 0 atom stereocenters. The second-order valence-electron chi connectivity index (χ2n) is 3.87. The van der Waals surface area contributed by atoms with Crippen molar-refractivity contribution in [3.05, 3.63) is 66.9 Å². The zero-order valence-electron chi connectivity index (χ0n) is 9.49. The van der Waals surface area contributed by atoms with Crippen molar-refractivity contribution in [2.24, 2.45) is 0 Å². The molecule has 0 spiro atoms. The highest BCUT2D eigenvalue weighted by Gasteiger charge is 2.04. The van der Waals surface area contributed by atoms with Gasteiger partial charge in [-0.2, -0.15) is 5.10 Å². The molecule has 88 valence electrons. The van der Waals surface area contributed by atoms with Gasteiger partial charge in [0.05, 0.1) is 17.6 Å². The van der Waals surface area contributed by atoms with Gasteiger partial charge < -0.3 is 0 Å². The molecule has 0 saturated carbocycles. The van der Waals surface area contributed by atoms with Crippen LogP contribution in [-0.4, -0.2) is 14.8 Å². The number of benzene rings is 1. The molecule has 0 aliphatic heterocycles. The maximum atomic E-state index is 13.1. The Labute approximate surface area is 104 Å². The van der Waals surface area contributed by atoms with Crippen molar-refractivity contribution in [1.82, 2.24) is 14.8 Å². The zero-order valence-corrected chi connectivity index (χ0v) is 9.49. The Hall–Kier alpha value is -2.49. The highest BCUT2D eigenvalue weighted by Crippen LogP contribution is 2.17.